The highest BCUT2D eigenvalue weighted by Crippen LogP contribution is 2.84. The SMILES string of the molecule is Cc1cccc(C)c1-c1ccc2c(c1)C1(SC13CCSc1ccc4ccccc4c13)c1ccccc1S2. The Morgan fingerprint density at radius 2 is 1.43 bits per heavy atom. The molecule has 5 aromatic rings. The first-order valence-electron chi connectivity index (χ1n) is 13.0. The fraction of sp³-hybridized carbons (Fsp3) is 0.176. The van der Waals surface area contributed by atoms with Crippen molar-refractivity contribution in [2.45, 2.75) is 44.4 Å². The molecule has 0 amide bonds. The van der Waals surface area contributed by atoms with Crippen LogP contribution in [-0.4, -0.2) is 5.75 Å². The smallest absolute Gasteiger partial charge is 0.0877 e. The summed E-state index contributed by atoms with van der Waals surface area (Å²) in [6.07, 6.45) is 1.19. The van der Waals surface area contributed by atoms with Crippen LogP contribution in [0.1, 0.15) is 34.2 Å². The second-order valence-electron chi connectivity index (χ2n) is 10.4. The van der Waals surface area contributed by atoms with Gasteiger partial charge in [-0.25, -0.2) is 0 Å². The summed E-state index contributed by atoms with van der Waals surface area (Å²) in [5.74, 6) is 1.17. The molecule has 3 heteroatoms. The van der Waals surface area contributed by atoms with Gasteiger partial charge in [-0.05, 0) is 100 Å². The Bertz CT molecular complexity index is 1730. The number of benzene rings is 5. The van der Waals surface area contributed by atoms with Crippen molar-refractivity contribution >= 4 is 46.1 Å². The molecular weight excluding hydrogens is 505 g/mol. The molecule has 3 aliphatic heterocycles. The molecule has 0 aromatic heterocycles. The molecule has 2 atom stereocenters. The van der Waals surface area contributed by atoms with E-state index in [0.717, 1.165) is 0 Å². The van der Waals surface area contributed by atoms with E-state index in [1.54, 1.807) is 5.56 Å². The molecule has 2 spiro atoms. The molecule has 3 aliphatic rings. The van der Waals surface area contributed by atoms with Gasteiger partial charge in [0.25, 0.3) is 0 Å². The summed E-state index contributed by atoms with van der Waals surface area (Å²) in [4.78, 5) is 4.30. The number of rotatable bonds is 1. The van der Waals surface area contributed by atoms with Crippen molar-refractivity contribution in [2.24, 2.45) is 0 Å². The van der Waals surface area contributed by atoms with Gasteiger partial charge < -0.3 is 0 Å². The maximum Gasteiger partial charge on any atom is 0.0877 e. The molecule has 2 unspecified atom stereocenters. The van der Waals surface area contributed by atoms with Gasteiger partial charge in [0.1, 0.15) is 0 Å². The van der Waals surface area contributed by atoms with Gasteiger partial charge in [-0.15, -0.1) is 23.5 Å². The minimum atomic E-state index is -0.0589. The molecular formula is C34H26S3. The van der Waals surface area contributed by atoms with Crippen molar-refractivity contribution in [1.82, 2.24) is 0 Å². The highest BCUT2D eigenvalue weighted by molar-refractivity contribution is 8.09. The normalized spacial score (nSPS) is 23.1. The Morgan fingerprint density at radius 3 is 2.32 bits per heavy atom. The lowest BCUT2D eigenvalue weighted by atomic mass is 9.73. The van der Waals surface area contributed by atoms with E-state index in [2.05, 4.69) is 123 Å². The summed E-state index contributed by atoms with van der Waals surface area (Å²) in [7, 11) is 0. The Hall–Kier alpha value is -2.59. The molecule has 1 saturated heterocycles. The Kier molecular flexibility index (Phi) is 4.82. The van der Waals surface area contributed by atoms with Crippen LogP contribution in [0.15, 0.2) is 112 Å². The van der Waals surface area contributed by atoms with Crippen LogP contribution in [-0.2, 0) is 9.49 Å². The molecule has 1 fully saturated rings. The van der Waals surface area contributed by atoms with E-state index < -0.39 is 0 Å². The zero-order chi connectivity index (χ0) is 24.8. The average molecular weight is 531 g/mol. The van der Waals surface area contributed by atoms with Crippen LogP contribution in [0.25, 0.3) is 21.9 Å². The average Bonchev–Trinajstić information content (AvgIpc) is 3.57. The Balaban J connectivity index is 1.43. The molecule has 37 heavy (non-hydrogen) atoms. The predicted molar refractivity (Wildman–Crippen MR) is 161 cm³/mol. The first kappa shape index (κ1) is 22.4. The van der Waals surface area contributed by atoms with Crippen LogP contribution in [0.4, 0.5) is 0 Å². The monoisotopic (exact) mass is 530 g/mol. The van der Waals surface area contributed by atoms with E-state index in [1.165, 1.54) is 71.0 Å². The molecule has 3 heterocycles. The van der Waals surface area contributed by atoms with Gasteiger partial charge in [0.15, 0.2) is 0 Å². The lowest BCUT2D eigenvalue weighted by Crippen LogP contribution is -2.30. The maximum atomic E-state index is 2.54. The van der Waals surface area contributed by atoms with Gasteiger partial charge in [0.2, 0.25) is 0 Å². The first-order valence-corrected chi connectivity index (χ1v) is 15.6. The Morgan fingerprint density at radius 1 is 0.676 bits per heavy atom. The molecule has 0 saturated carbocycles. The van der Waals surface area contributed by atoms with Crippen LogP contribution in [0.2, 0.25) is 0 Å². The highest BCUT2D eigenvalue weighted by Gasteiger charge is 2.74. The van der Waals surface area contributed by atoms with Crippen LogP contribution in [0, 0.1) is 13.8 Å². The van der Waals surface area contributed by atoms with Crippen molar-refractivity contribution in [2.75, 3.05) is 5.75 Å². The summed E-state index contributed by atoms with van der Waals surface area (Å²) in [6.45, 7) is 4.49. The molecule has 0 bridgehead atoms. The molecule has 180 valence electrons. The van der Waals surface area contributed by atoms with Crippen LogP contribution in [0.3, 0.4) is 0 Å². The van der Waals surface area contributed by atoms with Crippen LogP contribution >= 0.6 is 35.3 Å². The zero-order valence-electron chi connectivity index (χ0n) is 20.9. The third kappa shape index (κ3) is 2.97. The molecule has 8 rings (SSSR count). The molecule has 0 N–H and O–H groups in total. The van der Waals surface area contributed by atoms with Crippen molar-refractivity contribution in [1.29, 1.82) is 0 Å². The second kappa shape index (κ2) is 7.96. The summed E-state index contributed by atoms with van der Waals surface area (Å²) >= 11 is 6.20. The van der Waals surface area contributed by atoms with E-state index in [0.29, 0.717) is 0 Å². The third-order valence-corrected chi connectivity index (χ3v) is 12.6. The second-order valence-corrected chi connectivity index (χ2v) is 14.2. The van der Waals surface area contributed by atoms with Crippen molar-refractivity contribution < 1.29 is 0 Å². The number of thioether (sulfide) groups is 2. The zero-order valence-corrected chi connectivity index (χ0v) is 23.3. The number of hydrogen-bond donors (Lipinski definition) is 0. The Labute approximate surface area is 231 Å². The summed E-state index contributed by atoms with van der Waals surface area (Å²) < 4.78 is -0.00366. The van der Waals surface area contributed by atoms with E-state index in [4.69, 9.17) is 0 Å². The van der Waals surface area contributed by atoms with Gasteiger partial charge in [0, 0.05) is 14.7 Å². The van der Waals surface area contributed by atoms with Gasteiger partial charge in [-0.3, -0.25) is 0 Å². The topological polar surface area (TPSA) is 0 Å². The van der Waals surface area contributed by atoms with E-state index in [1.807, 2.05) is 23.5 Å². The van der Waals surface area contributed by atoms with Gasteiger partial charge in [-0.2, -0.15) is 0 Å². The predicted octanol–water partition coefficient (Wildman–Crippen LogP) is 9.97. The molecule has 5 aromatic carbocycles. The van der Waals surface area contributed by atoms with E-state index in [9.17, 15) is 0 Å². The van der Waals surface area contributed by atoms with Gasteiger partial charge in [-0.1, -0.05) is 84.6 Å². The number of fused-ring (bicyclic) bond motifs is 9. The largest absolute Gasteiger partial charge is 0.130 e. The number of hydrogen-bond acceptors (Lipinski definition) is 3. The maximum absolute atomic E-state index is 2.54. The summed E-state index contributed by atoms with van der Waals surface area (Å²) in [6, 6.07) is 36.9. The fourth-order valence-corrected chi connectivity index (χ4v) is 11.6. The molecule has 0 aliphatic carbocycles. The van der Waals surface area contributed by atoms with E-state index in [-0.39, 0.29) is 9.49 Å². The third-order valence-electron chi connectivity index (χ3n) is 8.48. The van der Waals surface area contributed by atoms with Crippen LogP contribution in [0.5, 0.6) is 0 Å². The lowest BCUT2D eigenvalue weighted by molar-refractivity contribution is 0.559. The van der Waals surface area contributed by atoms with Crippen molar-refractivity contribution in [3.63, 3.8) is 0 Å². The van der Waals surface area contributed by atoms with Gasteiger partial charge >= 0.3 is 0 Å². The number of aryl methyl sites for hydroxylation is 2. The highest BCUT2D eigenvalue weighted by atomic mass is 32.2. The van der Waals surface area contributed by atoms with Gasteiger partial charge in [0.05, 0.1) is 9.49 Å². The van der Waals surface area contributed by atoms with Crippen molar-refractivity contribution in [3.8, 4) is 11.1 Å². The fourth-order valence-electron chi connectivity index (χ4n) is 6.88. The summed E-state index contributed by atoms with van der Waals surface area (Å²) in [5, 5.41) is 2.79. The standard InChI is InChI=1S/C34H26S3/c1-21-8-7-9-22(2)31(21)24-15-16-29-27(20-24)34(26-12-5-6-13-28(26)36-29)33(37-34)18-19-35-30-17-14-23-10-3-4-11-25(23)32(30)33/h3-17,20H,18-19H2,1-2H3. The first-order chi connectivity index (χ1) is 18.1. The van der Waals surface area contributed by atoms with E-state index >= 15 is 0 Å². The van der Waals surface area contributed by atoms with Crippen molar-refractivity contribution in [3.05, 3.63) is 125 Å². The quantitative estimate of drug-likeness (QED) is 0.198. The molecule has 0 radical (unpaired) electrons. The molecule has 0 nitrogen and oxygen atoms in total. The lowest BCUT2D eigenvalue weighted by Gasteiger charge is -2.35. The van der Waals surface area contributed by atoms with Crippen LogP contribution < -0.4 is 0 Å². The minimum absolute atomic E-state index is 0.0552. The minimum Gasteiger partial charge on any atom is -0.130 e. The summed E-state index contributed by atoms with van der Waals surface area (Å²) in [5.41, 5.74) is 10.0.